The third-order valence-electron chi connectivity index (χ3n) is 6.20. The standard InChI is InChI=1S/C34H36O8/c1-24(2)33(36)41-22-8-6-5-7-21-40-29-17-15-27(16-18-29)26-11-13-28(14-12-26)34(37)42-30-19-9-25(23-31(30)38-3)10-20-32(35)39-4/h9-20,23H,1,5-8,21-22H2,2-4H3/b20-10+. The van der Waals surface area contributed by atoms with Crippen LogP contribution in [-0.2, 0) is 19.1 Å². The highest BCUT2D eigenvalue weighted by Crippen LogP contribution is 2.30. The van der Waals surface area contributed by atoms with Gasteiger partial charge in [0.25, 0.3) is 0 Å². The molecule has 3 aromatic carbocycles. The molecule has 0 aliphatic rings. The van der Waals surface area contributed by atoms with Crippen molar-refractivity contribution >= 4 is 24.0 Å². The second kappa shape index (κ2) is 16.4. The maximum Gasteiger partial charge on any atom is 0.343 e. The second-order valence-corrected chi connectivity index (χ2v) is 9.44. The van der Waals surface area contributed by atoms with Crippen LogP contribution in [0.15, 0.2) is 85.0 Å². The third kappa shape index (κ3) is 9.96. The Hall–Kier alpha value is -4.85. The lowest BCUT2D eigenvalue weighted by Crippen LogP contribution is -2.09. The van der Waals surface area contributed by atoms with Crippen molar-refractivity contribution < 1.29 is 38.1 Å². The number of unbranched alkanes of at least 4 members (excludes halogenated alkanes) is 3. The van der Waals surface area contributed by atoms with Gasteiger partial charge >= 0.3 is 17.9 Å². The number of carbonyl (C=O) groups excluding carboxylic acids is 3. The van der Waals surface area contributed by atoms with Gasteiger partial charge in [-0.1, -0.05) is 36.9 Å². The topological polar surface area (TPSA) is 97.4 Å². The molecule has 3 aromatic rings. The van der Waals surface area contributed by atoms with E-state index in [1.54, 1.807) is 43.3 Å². The average molecular weight is 573 g/mol. The molecule has 8 heteroatoms. The summed E-state index contributed by atoms with van der Waals surface area (Å²) in [6.07, 6.45) is 6.56. The highest BCUT2D eigenvalue weighted by Gasteiger charge is 2.13. The summed E-state index contributed by atoms with van der Waals surface area (Å²) in [6.45, 7) is 6.23. The second-order valence-electron chi connectivity index (χ2n) is 9.44. The van der Waals surface area contributed by atoms with Crippen LogP contribution in [0, 0.1) is 0 Å². The van der Waals surface area contributed by atoms with Crippen LogP contribution in [0.5, 0.6) is 17.2 Å². The molecule has 0 spiro atoms. The summed E-state index contributed by atoms with van der Waals surface area (Å²) < 4.78 is 26.4. The van der Waals surface area contributed by atoms with Crippen LogP contribution in [0.2, 0.25) is 0 Å². The molecule has 0 fully saturated rings. The zero-order valence-electron chi connectivity index (χ0n) is 24.2. The summed E-state index contributed by atoms with van der Waals surface area (Å²) in [4.78, 5) is 35.4. The molecule has 42 heavy (non-hydrogen) atoms. The van der Waals surface area contributed by atoms with Crippen LogP contribution in [0.3, 0.4) is 0 Å². The third-order valence-corrected chi connectivity index (χ3v) is 6.20. The molecule has 0 aliphatic heterocycles. The molecule has 0 saturated heterocycles. The first-order chi connectivity index (χ1) is 20.3. The molecule has 0 amide bonds. The smallest absolute Gasteiger partial charge is 0.343 e. The van der Waals surface area contributed by atoms with Crippen LogP contribution < -0.4 is 14.2 Å². The molecule has 0 N–H and O–H groups in total. The molecule has 8 nitrogen and oxygen atoms in total. The zero-order valence-corrected chi connectivity index (χ0v) is 24.2. The van der Waals surface area contributed by atoms with E-state index in [2.05, 4.69) is 11.3 Å². The van der Waals surface area contributed by atoms with Gasteiger partial charge in [-0.3, -0.25) is 0 Å². The van der Waals surface area contributed by atoms with Gasteiger partial charge in [-0.25, -0.2) is 14.4 Å². The van der Waals surface area contributed by atoms with Crippen molar-refractivity contribution in [2.45, 2.75) is 32.6 Å². The van der Waals surface area contributed by atoms with E-state index < -0.39 is 11.9 Å². The van der Waals surface area contributed by atoms with E-state index in [-0.39, 0.29) is 11.7 Å². The molecule has 0 atom stereocenters. The van der Waals surface area contributed by atoms with Crippen LogP contribution in [0.1, 0.15) is 48.5 Å². The predicted octanol–water partition coefficient (Wildman–Crippen LogP) is 6.83. The molecule has 0 heterocycles. The fraction of sp³-hybridized carbons (Fsp3) is 0.265. The Labute approximate surface area is 246 Å². The van der Waals surface area contributed by atoms with E-state index in [1.807, 2.05) is 36.4 Å². The van der Waals surface area contributed by atoms with Crippen LogP contribution >= 0.6 is 0 Å². The molecule has 0 bridgehead atoms. The normalized spacial score (nSPS) is 10.6. The fourth-order valence-electron chi connectivity index (χ4n) is 3.84. The molecule has 0 aliphatic carbocycles. The van der Waals surface area contributed by atoms with E-state index in [4.69, 9.17) is 18.9 Å². The van der Waals surface area contributed by atoms with Crippen molar-refractivity contribution in [3.8, 4) is 28.4 Å². The first kappa shape index (κ1) is 31.7. The van der Waals surface area contributed by atoms with Crippen molar-refractivity contribution in [3.05, 3.63) is 96.1 Å². The Kier molecular flexibility index (Phi) is 12.4. The van der Waals surface area contributed by atoms with Gasteiger partial charge in [-0.05, 0) is 91.8 Å². The number of benzene rings is 3. The lowest BCUT2D eigenvalue weighted by atomic mass is 10.0. The Bertz CT molecular complexity index is 1390. The van der Waals surface area contributed by atoms with Gasteiger partial charge in [0, 0.05) is 11.6 Å². The zero-order chi connectivity index (χ0) is 30.3. The van der Waals surface area contributed by atoms with Crippen molar-refractivity contribution in [2.75, 3.05) is 27.4 Å². The molecule has 3 rings (SSSR count). The Morgan fingerprint density at radius 2 is 1.43 bits per heavy atom. The highest BCUT2D eigenvalue weighted by molar-refractivity contribution is 5.92. The van der Waals surface area contributed by atoms with Gasteiger partial charge in [0.05, 0.1) is 33.0 Å². The lowest BCUT2D eigenvalue weighted by molar-refractivity contribution is -0.139. The molecule has 0 aromatic heterocycles. The molecule has 0 radical (unpaired) electrons. The van der Waals surface area contributed by atoms with E-state index in [0.29, 0.717) is 35.7 Å². The largest absolute Gasteiger partial charge is 0.494 e. The maximum atomic E-state index is 12.8. The summed E-state index contributed by atoms with van der Waals surface area (Å²) >= 11 is 0. The van der Waals surface area contributed by atoms with Gasteiger partial charge in [-0.2, -0.15) is 0 Å². The molecular formula is C34H36O8. The van der Waals surface area contributed by atoms with Crippen molar-refractivity contribution in [2.24, 2.45) is 0 Å². The number of rotatable bonds is 15. The number of hydrogen-bond acceptors (Lipinski definition) is 8. The molecule has 0 saturated carbocycles. The van der Waals surface area contributed by atoms with E-state index in [1.165, 1.54) is 20.3 Å². The maximum absolute atomic E-state index is 12.8. The van der Waals surface area contributed by atoms with E-state index >= 15 is 0 Å². The quantitative estimate of drug-likeness (QED) is 0.0846. The number of carbonyl (C=O) groups is 3. The number of hydrogen-bond donors (Lipinski definition) is 0. The van der Waals surface area contributed by atoms with E-state index in [0.717, 1.165) is 42.6 Å². The van der Waals surface area contributed by atoms with Gasteiger partial charge < -0.3 is 23.7 Å². The van der Waals surface area contributed by atoms with Crippen molar-refractivity contribution in [1.29, 1.82) is 0 Å². The lowest BCUT2D eigenvalue weighted by Gasteiger charge is -2.11. The van der Waals surface area contributed by atoms with Gasteiger partial charge in [0.15, 0.2) is 11.5 Å². The first-order valence-electron chi connectivity index (χ1n) is 13.6. The predicted molar refractivity (Wildman–Crippen MR) is 161 cm³/mol. The van der Waals surface area contributed by atoms with Gasteiger partial charge in [0.1, 0.15) is 5.75 Å². The highest BCUT2D eigenvalue weighted by atomic mass is 16.6. The number of esters is 3. The summed E-state index contributed by atoms with van der Waals surface area (Å²) in [5, 5.41) is 0. The van der Waals surface area contributed by atoms with E-state index in [9.17, 15) is 14.4 Å². The molecular weight excluding hydrogens is 536 g/mol. The Balaban J connectivity index is 1.46. The fourth-order valence-corrected chi connectivity index (χ4v) is 3.84. The Morgan fingerprint density at radius 3 is 2.05 bits per heavy atom. The van der Waals surface area contributed by atoms with Gasteiger partial charge in [-0.15, -0.1) is 0 Å². The van der Waals surface area contributed by atoms with Crippen molar-refractivity contribution in [1.82, 2.24) is 0 Å². The minimum atomic E-state index is -0.519. The number of ether oxygens (including phenoxy) is 5. The molecule has 220 valence electrons. The average Bonchev–Trinajstić information content (AvgIpc) is 3.01. The van der Waals surface area contributed by atoms with Crippen LogP contribution in [0.25, 0.3) is 17.2 Å². The SMILES string of the molecule is C=C(C)C(=O)OCCCCCCOc1ccc(-c2ccc(C(=O)Oc3ccc(/C=C/C(=O)OC)cc3OC)cc2)cc1. The summed E-state index contributed by atoms with van der Waals surface area (Å²) in [5.74, 6) is 0.0760. The minimum absolute atomic E-state index is 0.265. The van der Waals surface area contributed by atoms with Gasteiger partial charge in [0.2, 0.25) is 0 Å². The summed E-state index contributed by atoms with van der Waals surface area (Å²) in [6, 6.07) is 19.9. The van der Waals surface area contributed by atoms with Crippen LogP contribution in [-0.4, -0.2) is 45.3 Å². The molecule has 0 unspecified atom stereocenters. The first-order valence-corrected chi connectivity index (χ1v) is 13.6. The monoisotopic (exact) mass is 572 g/mol. The number of methoxy groups -OCH3 is 2. The minimum Gasteiger partial charge on any atom is -0.494 e. The van der Waals surface area contributed by atoms with Crippen LogP contribution in [0.4, 0.5) is 0 Å². The summed E-state index contributed by atoms with van der Waals surface area (Å²) in [7, 11) is 2.78. The Morgan fingerprint density at radius 1 is 0.786 bits per heavy atom. The summed E-state index contributed by atoms with van der Waals surface area (Å²) in [5.41, 5.74) is 3.44. The van der Waals surface area contributed by atoms with Crippen molar-refractivity contribution in [3.63, 3.8) is 0 Å².